The van der Waals surface area contributed by atoms with Crippen molar-refractivity contribution in [2.75, 3.05) is 20.3 Å². The maximum Gasteiger partial charge on any atom is 0.410 e. The van der Waals surface area contributed by atoms with E-state index in [1.807, 2.05) is 6.08 Å². The largest absolute Gasteiger partial charge is 0.466 e. The normalized spacial score (nSPS) is 30.0. The van der Waals surface area contributed by atoms with Gasteiger partial charge < -0.3 is 25.2 Å². The Labute approximate surface area is 246 Å². The van der Waals surface area contributed by atoms with Crippen molar-refractivity contribution in [2.24, 2.45) is 17.1 Å². The molecule has 0 spiro atoms. The maximum atomic E-state index is 14.2. The number of hydrogen-bond acceptors (Lipinski definition) is 8. The number of Topliss-reactive ketones (excluding diaryl/α,β-unsaturated/α-hetero) is 1. The van der Waals surface area contributed by atoms with Gasteiger partial charge in [-0.25, -0.2) is 9.18 Å². The van der Waals surface area contributed by atoms with E-state index >= 15 is 0 Å². The van der Waals surface area contributed by atoms with E-state index in [0.717, 1.165) is 38.4 Å². The van der Waals surface area contributed by atoms with E-state index < -0.39 is 35.7 Å². The summed E-state index contributed by atoms with van der Waals surface area (Å²) in [5.74, 6) is -1.45. The number of ketones is 1. The van der Waals surface area contributed by atoms with Gasteiger partial charge in [0.2, 0.25) is 5.91 Å². The van der Waals surface area contributed by atoms with Crippen LogP contribution in [0.1, 0.15) is 69.4 Å². The quantitative estimate of drug-likeness (QED) is 0.406. The predicted molar refractivity (Wildman–Crippen MR) is 151 cm³/mol. The second kappa shape index (κ2) is 13.8. The molecule has 1 aliphatic carbocycles. The summed E-state index contributed by atoms with van der Waals surface area (Å²) in [7, 11) is 1.00. The molecule has 0 aromatic heterocycles. The third-order valence-electron chi connectivity index (χ3n) is 8.75. The number of ether oxygens (including phenoxy) is 2. The van der Waals surface area contributed by atoms with Gasteiger partial charge in [0, 0.05) is 32.1 Å². The van der Waals surface area contributed by atoms with Crippen LogP contribution in [0.4, 0.5) is 9.18 Å². The summed E-state index contributed by atoms with van der Waals surface area (Å²) in [5, 5.41) is 7.00. The predicted octanol–water partition coefficient (Wildman–Crippen LogP) is 3.23. The molecule has 3 aliphatic heterocycles. The highest BCUT2D eigenvalue weighted by atomic mass is 19.1. The number of halogens is 1. The minimum absolute atomic E-state index is 0.0412. The minimum Gasteiger partial charge on any atom is -0.466 e. The first-order chi connectivity index (χ1) is 20.2. The first-order valence-electron chi connectivity index (χ1n) is 14.8. The number of fused-ring (bicyclic) bond motifs is 3. The Kier molecular flexibility index (Phi) is 10.4. The number of carbonyl (C=O) groups excluding carboxylic acids is 4. The summed E-state index contributed by atoms with van der Waals surface area (Å²) in [4.78, 5) is 56.1. The molecule has 2 fully saturated rings. The molecule has 5 atom stereocenters. The molecule has 3 heterocycles. The van der Waals surface area contributed by atoms with Crippen LogP contribution in [0.2, 0.25) is 0 Å². The number of carbonyl (C=O) groups is 4. The lowest BCUT2D eigenvalue weighted by atomic mass is 9.91. The molecule has 11 heteroatoms. The number of amides is 2. The first kappa shape index (κ1) is 31.6. The fourth-order valence-corrected chi connectivity index (χ4v) is 6.36. The van der Waals surface area contributed by atoms with E-state index in [0.29, 0.717) is 18.4 Å². The smallest absolute Gasteiger partial charge is 0.410 e. The summed E-state index contributed by atoms with van der Waals surface area (Å²) in [5.41, 5.74) is 6.54. The van der Waals surface area contributed by atoms with Gasteiger partial charge in [-0.15, -0.1) is 0 Å². The topological polar surface area (TPSA) is 139 Å². The van der Waals surface area contributed by atoms with Gasteiger partial charge in [0.05, 0.1) is 37.2 Å². The van der Waals surface area contributed by atoms with Gasteiger partial charge in [-0.3, -0.25) is 19.3 Å². The van der Waals surface area contributed by atoms with Crippen molar-refractivity contribution in [2.45, 2.75) is 89.6 Å². The molecule has 5 rings (SSSR count). The lowest BCUT2D eigenvalue weighted by molar-refractivity contribution is -0.152. The van der Waals surface area contributed by atoms with Crippen molar-refractivity contribution in [1.82, 2.24) is 9.80 Å². The van der Waals surface area contributed by atoms with Crippen LogP contribution in [0.5, 0.6) is 0 Å². The number of nitrogens with zero attached hydrogens (tertiary/aromatic N) is 2. The van der Waals surface area contributed by atoms with E-state index in [9.17, 15) is 23.6 Å². The Balaban J connectivity index is 0.00000198. The Morgan fingerprint density at radius 1 is 1.17 bits per heavy atom. The fraction of sp³-hybridized carbons (Fsp3) is 0.613. The SMILES string of the molecule is CCOC(=O)[C@]12CC(=O)[C@@H]3C[C@@H](OC(=O)N4Cc5cccc(F)c5C4)CN3C(=O)[C@@H](N)CCCCC/C=C\[C@@H]1C2.CO. The van der Waals surface area contributed by atoms with Crippen LogP contribution in [-0.4, -0.2) is 77.1 Å². The van der Waals surface area contributed by atoms with Gasteiger partial charge in [-0.05, 0) is 50.2 Å². The molecule has 1 aromatic carbocycles. The number of aliphatic hydroxyl groups excluding tert-OH is 1. The zero-order chi connectivity index (χ0) is 30.4. The van der Waals surface area contributed by atoms with Crippen molar-refractivity contribution in [3.63, 3.8) is 0 Å². The van der Waals surface area contributed by atoms with E-state index in [1.165, 1.54) is 15.9 Å². The van der Waals surface area contributed by atoms with Gasteiger partial charge >= 0.3 is 12.1 Å². The van der Waals surface area contributed by atoms with Gasteiger partial charge in [0.25, 0.3) is 0 Å². The van der Waals surface area contributed by atoms with Crippen LogP contribution in [0.25, 0.3) is 0 Å². The molecule has 230 valence electrons. The Morgan fingerprint density at radius 3 is 2.69 bits per heavy atom. The average Bonchev–Trinajstić information content (AvgIpc) is 3.29. The number of benzene rings is 1. The Bertz CT molecular complexity index is 1210. The standard InChI is InChI=1S/C30H38FN3O6.CH4O/c1-2-39-28(37)30-14-20(30)10-6-4-3-5-7-12-24(32)27(36)34-17-21(13-25(34)26(35)15-30)40-29(38)33-16-19-9-8-11-23(31)22(19)18-33;1-2/h6,8-11,20-21,24-25H,2-5,7,12-18,32H2,1H3;2H,1H3/b10-6-;/t20-,21-,24+,25+,30-;/m1./s1. The van der Waals surface area contributed by atoms with Gasteiger partial charge in [-0.2, -0.15) is 0 Å². The Hall–Kier alpha value is -3.31. The molecular formula is C31H42FN3O7. The third kappa shape index (κ3) is 6.67. The molecule has 42 heavy (non-hydrogen) atoms. The highest BCUT2D eigenvalue weighted by Crippen LogP contribution is 2.57. The molecule has 1 saturated carbocycles. The van der Waals surface area contributed by atoms with Crippen LogP contribution in [-0.2, 0) is 36.9 Å². The second-order valence-corrected chi connectivity index (χ2v) is 11.5. The van der Waals surface area contributed by atoms with E-state index in [2.05, 4.69) is 6.08 Å². The molecule has 3 N–H and O–H groups in total. The number of aliphatic hydroxyl groups is 1. The highest BCUT2D eigenvalue weighted by Gasteiger charge is 2.61. The van der Waals surface area contributed by atoms with Crippen molar-refractivity contribution in [3.05, 3.63) is 47.3 Å². The molecule has 0 unspecified atom stereocenters. The monoisotopic (exact) mass is 587 g/mol. The minimum atomic E-state index is -0.930. The van der Waals surface area contributed by atoms with Crippen LogP contribution in [0.3, 0.4) is 0 Å². The van der Waals surface area contributed by atoms with E-state index in [-0.39, 0.29) is 62.5 Å². The number of nitrogens with two attached hydrogens (primary N) is 1. The molecule has 10 nitrogen and oxygen atoms in total. The molecule has 1 saturated heterocycles. The fourth-order valence-electron chi connectivity index (χ4n) is 6.36. The summed E-state index contributed by atoms with van der Waals surface area (Å²) >= 11 is 0. The Morgan fingerprint density at radius 2 is 1.95 bits per heavy atom. The summed E-state index contributed by atoms with van der Waals surface area (Å²) in [6.45, 7) is 2.32. The van der Waals surface area contributed by atoms with Gasteiger partial charge in [0.1, 0.15) is 11.9 Å². The lowest BCUT2D eigenvalue weighted by Crippen LogP contribution is -2.49. The van der Waals surface area contributed by atoms with Crippen molar-refractivity contribution < 1.29 is 38.1 Å². The highest BCUT2D eigenvalue weighted by molar-refractivity contribution is 5.95. The zero-order valence-electron chi connectivity index (χ0n) is 24.4. The van der Waals surface area contributed by atoms with E-state index in [4.69, 9.17) is 20.3 Å². The first-order valence-corrected chi connectivity index (χ1v) is 14.8. The van der Waals surface area contributed by atoms with Crippen LogP contribution < -0.4 is 5.73 Å². The number of allylic oxidation sites excluding steroid dienone is 2. The molecule has 0 bridgehead atoms. The zero-order valence-corrected chi connectivity index (χ0v) is 24.4. The molecule has 4 aliphatic rings. The lowest BCUT2D eigenvalue weighted by Gasteiger charge is -2.27. The van der Waals surface area contributed by atoms with E-state index in [1.54, 1.807) is 19.1 Å². The molecule has 0 radical (unpaired) electrons. The van der Waals surface area contributed by atoms with Crippen molar-refractivity contribution in [1.29, 1.82) is 0 Å². The molecular weight excluding hydrogens is 545 g/mol. The van der Waals surface area contributed by atoms with Crippen LogP contribution >= 0.6 is 0 Å². The third-order valence-corrected chi connectivity index (χ3v) is 8.75. The number of rotatable bonds is 3. The second-order valence-electron chi connectivity index (χ2n) is 11.5. The van der Waals surface area contributed by atoms with Crippen LogP contribution in [0.15, 0.2) is 30.4 Å². The summed E-state index contributed by atoms with van der Waals surface area (Å²) in [6, 6.07) is 3.12. The van der Waals surface area contributed by atoms with Crippen molar-refractivity contribution in [3.8, 4) is 0 Å². The summed E-state index contributed by atoms with van der Waals surface area (Å²) < 4.78 is 25.3. The maximum absolute atomic E-state index is 14.2. The average molecular weight is 588 g/mol. The molecule has 1 aromatic rings. The number of hydrogen-bond donors (Lipinski definition) is 2. The van der Waals surface area contributed by atoms with Crippen LogP contribution in [0, 0.1) is 17.2 Å². The number of esters is 1. The van der Waals surface area contributed by atoms with Gasteiger partial charge in [-0.1, -0.05) is 37.1 Å². The van der Waals surface area contributed by atoms with Crippen molar-refractivity contribution >= 4 is 23.8 Å². The molecule has 2 amide bonds. The van der Waals surface area contributed by atoms with Gasteiger partial charge in [0.15, 0.2) is 5.78 Å². The summed E-state index contributed by atoms with van der Waals surface area (Å²) in [6.07, 6.45) is 7.36.